The zero-order chi connectivity index (χ0) is 12.3. The minimum Gasteiger partial charge on any atom is -0.311 e. The summed E-state index contributed by atoms with van der Waals surface area (Å²) in [4.78, 5) is 0. The van der Waals surface area contributed by atoms with Crippen LogP contribution in [0.4, 0.5) is 8.78 Å². The molecule has 1 fully saturated rings. The standard InChI is InChI=1S/C13H14F2N2/c14-11-3-2-10(6-12(11)15)7-17-9-13(8-16)4-1-5-13/h2-3,6,17H,1,4-5,7,9H2. The summed E-state index contributed by atoms with van der Waals surface area (Å²) in [5.41, 5.74) is 0.454. The van der Waals surface area contributed by atoms with E-state index in [-0.39, 0.29) is 5.41 Å². The second-order valence-corrected chi connectivity index (χ2v) is 4.60. The maximum Gasteiger partial charge on any atom is 0.159 e. The quantitative estimate of drug-likeness (QED) is 0.872. The summed E-state index contributed by atoms with van der Waals surface area (Å²) in [7, 11) is 0. The molecule has 1 saturated carbocycles. The second-order valence-electron chi connectivity index (χ2n) is 4.60. The van der Waals surface area contributed by atoms with Crippen LogP contribution < -0.4 is 5.32 Å². The highest BCUT2D eigenvalue weighted by atomic mass is 19.2. The van der Waals surface area contributed by atoms with Crippen molar-refractivity contribution in [2.24, 2.45) is 5.41 Å². The number of hydrogen-bond donors (Lipinski definition) is 1. The molecule has 0 atom stereocenters. The Morgan fingerprint density at radius 1 is 1.29 bits per heavy atom. The van der Waals surface area contributed by atoms with Crippen LogP contribution in [0.15, 0.2) is 18.2 Å². The van der Waals surface area contributed by atoms with Gasteiger partial charge in [0.25, 0.3) is 0 Å². The molecule has 0 heterocycles. The van der Waals surface area contributed by atoms with Gasteiger partial charge in [0.1, 0.15) is 0 Å². The van der Waals surface area contributed by atoms with Gasteiger partial charge in [-0.3, -0.25) is 0 Å². The maximum absolute atomic E-state index is 12.9. The molecule has 2 nitrogen and oxygen atoms in total. The van der Waals surface area contributed by atoms with Gasteiger partial charge in [0.2, 0.25) is 0 Å². The topological polar surface area (TPSA) is 35.8 Å². The van der Waals surface area contributed by atoms with Crippen molar-refractivity contribution in [3.63, 3.8) is 0 Å². The lowest BCUT2D eigenvalue weighted by Gasteiger charge is -2.35. The fourth-order valence-electron chi connectivity index (χ4n) is 2.03. The van der Waals surface area contributed by atoms with E-state index in [2.05, 4.69) is 11.4 Å². The lowest BCUT2D eigenvalue weighted by atomic mass is 9.70. The molecule has 0 saturated heterocycles. The fourth-order valence-corrected chi connectivity index (χ4v) is 2.03. The number of nitrogens with one attached hydrogen (secondary N) is 1. The van der Waals surface area contributed by atoms with E-state index in [9.17, 15) is 8.78 Å². The van der Waals surface area contributed by atoms with Crippen LogP contribution in [0.3, 0.4) is 0 Å². The lowest BCUT2D eigenvalue weighted by molar-refractivity contribution is 0.206. The number of halogens is 2. The molecule has 0 amide bonds. The van der Waals surface area contributed by atoms with Crippen molar-refractivity contribution in [1.29, 1.82) is 5.26 Å². The molecule has 0 aliphatic heterocycles. The van der Waals surface area contributed by atoms with Crippen LogP contribution in [0, 0.1) is 28.4 Å². The van der Waals surface area contributed by atoms with Crippen LogP contribution >= 0.6 is 0 Å². The van der Waals surface area contributed by atoms with Crippen molar-refractivity contribution in [3.05, 3.63) is 35.4 Å². The minimum atomic E-state index is -0.832. The van der Waals surface area contributed by atoms with Crippen molar-refractivity contribution < 1.29 is 8.78 Å². The first-order valence-electron chi connectivity index (χ1n) is 5.71. The van der Waals surface area contributed by atoms with E-state index in [0.29, 0.717) is 18.7 Å². The normalized spacial score (nSPS) is 17.2. The number of benzene rings is 1. The summed E-state index contributed by atoms with van der Waals surface area (Å²) in [5, 5.41) is 12.1. The molecule has 90 valence electrons. The zero-order valence-corrected chi connectivity index (χ0v) is 9.47. The van der Waals surface area contributed by atoms with Gasteiger partial charge in [-0.2, -0.15) is 5.26 Å². The average Bonchev–Trinajstić information content (AvgIpc) is 2.27. The molecule has 1 aliphatic carbocycles. The number of nitriles is 1. The first-order chi connectivity index (χ1) is 8.15. The SMILES string of the molecule is N#CC1(CNCc2ccc(F)c(F)c2)CCC1. The van der Waals surface area contributed by atoms with Gasteiger partial charge in [0.15, 0.2) is 11.6 Å². The van der Waals surface area contributed by atoms with Crippen molar-refractivity contribution in [2.45, 2.75) is 25.8 Å². The van der Waals surface area contributed by atoms with Crippen molar-refractivity contribution in [1.82, 2.24) is 5.32 Å². The van der Waals surface area contributed by atoms with Gasteiger partial charge in [-0.1, -0.05) is 12.5 Å². The summed E-state index contributed by atoms with van der Waals surface area (Å²) in [6, 6.07) is 6.18. The Labute approximate surface area is 99.3 Å². The Morgan fingerprint density at radius 2 is 2.06 bits per heavy atom. The molecule has 0 unspecified atom stereocenters. The van der Waals surface area contributed by atoms with Crippen LogP contribution in [0.2, 0.25) is 0 Å². The van der Waals surface area contributed by atoms with Crippen LogP contribution in [0.1, 0.15) is 24.8 Å². The predicted molar refractivity (Wildman–Crippen MR) is 60.0 cm³/mol. The Hall–Kier alpha value is -1.47. The fraction of sp³-hybridized carbons (Fsp3) is 0.462. The molecule has 0 bridgehead atoms. The first-order valence-corrected chi connectivity index (χ1v) is 5.71. The molecular weight excluding hydrogens is 222 g/mol. The van der Waals surface area contributed by atoms with Crippen LogP contribution in [-0.4, -0.2) is 6.54 Å². The highest BCUT2D eigenvalue weighted by Crippen LogP contribution is 2.39. The number of rotatable bonds is 4. The van der Waals surface area contributed by atoms with Crippen LogP contribution in [0.5, 0.6) is 0 Å². The largest absolute Gasteiger partial charge is 0.311 e. The van der Waals surface area contributed by atoms with Gasteiger partial charge in [0, 0.05) is 13.1 Å². The third-order valence-corrected chi connectivity index (χ3v) is 3.32. The summed E-state index contributed by atoms with van der Waals surface area (Å²) < 4.78 is 25.6. The van der Waals surface area contributed by atoms with E-state index < -0.39 is 11.6 Å². The molecule has 0 radical (unpaired) electrons. The molecule has 0 aromatic heterocycles. The predicted octanol–water partition coefficient (Wildman–Crippen LogP) is 2.75. The first kappa shape index (κ1) is 12.0. The molecule has 4 heteroatoms. The van der Waals surface area contributed by atoms with E-state index in [1.807, 2.05) is 0 Å². The molecule has 1 aromatic rings. The van der Waals surface area contributed by atoms with Gasteiger partial charge in [0.05, 0.1) is 11.5 Å². The van der Waals surface area contributed by atoms with Crippen LogP contribution in [-0.2, 0) is 6.54 Å². The summed E-state index contributed by atoms with van der Waals surface area (Å²) >= 11 is 0. The Kier molecular flexibility index (Phi) is 3.39. The van der Waals surface area contributed by atoms with Gasteiger partial charge in [-0.25, -0.2) is 8.78 Å². The van der Waals surface area contributed by atoms with Gasteiger partial charge in [-0.05, 0) is 30.5 Å². The molecular formula is C13H14F2N2. The van der Waals surface area contributed by atoms with Crippen molar-refractivity contribution in [2.75, 3.05) is 6.54 Å². The number of nitrogens with zero attached hydrogens (tertiary/aromatic N) is 1. The summed E-state index contributed by atoms with van der Waals surface area (Å²) in [6.07, 6.45) is 2.95. The molecule has 1 aromatic carbocycles. The second kappa shape index (κ2) is 4.80. The van der Waals surface area contributed by atoms with Crippen molar-refractivity contribution >= 4 is 0 Å². The Bertz CT molecular complexity index is 447. The third-order valence-electron chi connectivity index (χ3n) is 3.32. The molecule has 17 heavy (non-hydrogen) atoms. The van der Waals surface area contributed by atoms with Gasteiger partial charge < -0.3 is 5.32 Å². The van der Waals surface area contributed by atoms with E-state index in [1.165, 1.54) is 6.07 Å². The third kappa shape index (κ3) is 2.62. The van der Waals surface area contributed by atoms with E-state index in [4.69, 9.17) is 5.26 Å². The van der Waals surface area contributed by atoms with Gasteiger partial charge in [-0.15, -0.1) is 0 Å². The lowest BCUT2D eigenvalue weighted by Crippen LogP contribution is -2.38. The monoisotopic (exact) mass is 236 g/mol. The smallest absolute Gasteiger partial charge is 0.159 e. The Balaban J connectivity index is 1.86. The maximum atomic E-state index is 12.9. The van der Waals surface area contributed by atoms with E-state index in [0.717, 1.165) is 25.3 Å². The van der Waals surface area contributed by atoms with Crippen LogP contribution in [0.25, 0.3) is 0 Å². The molecule has 1 N–H and O–H groups in total. The minimum absolute atomic E-state index is 0.238. The van der Waals surface area contributed by atoms with E-state index >= 15 is 0 Å². The Morgan fingerprint density at radius 3 is 2.59 bits per heavy atom. The van der Waals surface area contributed by atoms with E-state index in [1.54, 1.807) is 6.07 Å². The van der Waals surface area contributed by atoms with Crippen molar-refractivity contribution in [3.8, 4) is 6.07 Å². The number of hydrogen-bond acceptors (Lipinski definition) is 2. The van der Waals surface area contributed by atoms with Gasteiger partial charge >= 0.3 is 0 Å². The molecule has 1 aliphatic rings. The molecule has 0 spiro atoms. The zero-order valence-electron chi connectivity index (χ0n) is 9.47. The molecule has 2 rings (SSSR count). The summed E-state index contributed by atoms with van der Waals surface area (Å²) in [5.74, 6) is -1.66. The highest BCUT2D eigenvalue weighted by molar-refractivity contribution is 5.17. The average molecular weight is 236 g/mol. The summed E-state index contributed by atoms with van der Waals surface area (Å²) in [6.45, 7) is 1.07. The highest BCUT2D eigenvalue weighted by Gasteiger charge is 2.36.